The van der Waals surface area contributed by atoms with Crippen LogP contribution in [0.4, 0.5) is 0 Å². The average molecular weight is 571 g/mol. The van der Waals surface area contributed by atoms with E-state index in [1.54, 1.807) is 6.21 Å². The fraction of sp³-hybridized carbons (Fsp3) is 0.100. The monoisotopic (exact) mass is 569 g/mol. The van der Waals surface area contributed by atoms with Crippen molar-refractivity contribution >= 4 is 61.5 Å². The summed E-state index contributed by atoms with van der Waals surface area (Å²) in [6, 6.07) is 30.0. The van der Waals surface area contributed by atoms with Gasteiger partial charge in [0.25, 0.3) is 0 Å². The molecule has 1 N–H and O–H groups in total. The molecule has 0 fully saturated rings. The van der Waals surface area contributed by atoms with Crippen LogP contribution in [0.15, 0.2) is 105 Å². The highest BCUT2D eigenvalue weighted by Gasteiger charge is 2.10. The summed E-state index contributed by atoms with van der Waals surface area (Å²) in [7, 11) is 0. The molecule has 7 heteroatoms. The fourth-order valence-electron chi connectivity index (χ4n) is 4.06. The van der Waals surface area contributed by atoms with Crippen LogP contribution in [0.5, 0.6) is 5.75 Å². The standard InChI is InChI=1S/C30H24BrN3O2S/c1-20-15-29(25-11-4-5-12-27(25)33-20)37-19-30(35)34-32-17-26-24-10-3-2-8-22(24)13-14-28(26)36-18-21-7-6-9-23(31)16-21/h2-17H,18-19H2,1H3,(H,34,35). The first-order valence-corrected chi connectivity index (χ1v) is 13.5. The minimum atomic E-state index is -0.184. The van der Waals surface area contributed by atoms with Gasteiger partial charge in [-0.2, -0.15) is 5.10 Å². The Labute approximate surface area is 228 Å². The second kappa shape index (κ2) is 11.6. The largest absolute Gasteiger partial charge is 0.488 e. The van der Waals surface area contributed by atoms with Gasteiger partial charge in [0.2, 0.25) is 5.91 Å². The lowest BCUT2D eigenvalue weighted by molar-refractivity contribution is -0.118. The number of carbonyl (C=O) groups is 1. The number of hydrogen-bond acceptors (Lipinski definition) is 5. The molecule has 0 bridgehead atoms. The maximum Gasteiger partial charge on any atom is 0.250 e. The Hall–Kier alpha value is -3.68. The van der Waals surface area contributed by atoms with Crippen molar-refractivity contribution in [2.45, 2.75) is 18.4 Å². The molecule has 0 aliphatic carbocycles. The molecule has 0 saturated heterocycles. The molecule has 0 aliphatic rings. The molecule has 0 unspecified atom stereocenters. The minimum absolute atomic E-state index is 0.184. The van der Waals surface area contributed by atoms with Gasteiger partial charge in [-0.05, 0) is 53.6 Å². The van der Waals surface area contributed by atoms with Gasteiger partial charge in [-0.25, -0.2) is 5.43 Å². The number of aromatic nitrogens is 1. The van der Waals surface area contributed by atoms with Crippen molar-refractivity contribution in [3.8, 4) is 5.75 Å². The zero-order valence-electron chi connectivity index (χ0n) is 20.1. The molecule has 1 aromatic heterocycles. The Morgan fingerprint density at radius 2 is 1.81 bits per heavy atom. The van der Waals surface area contributed by atoms with E-state index < -0.39 is 0 Å². The minimum Gasteiger partial charge on any atom is -0.488 e. The van der Waals surface area contributed by atoms with E-state index in [-0.39, 0.29) is 11.7 Å². The number of pyridine rings is 1. The quantitative estimate of drug-likeness (QED) is 0.121. The normalized spacial score (nSPS) is 11.3. The van der Waals surface area contributed by atoms with Crippen LogP contribution in [0.25, 0.3) is 21.7 Å². The van der Waals surface area contributed by atoms with Crippen LogP contribution in [-0.2, 0) is 11.4 Å². The van der Waals surface area contributed by atoms with Crippen molar-refractivity contribution in [1.82, 2.24) is 10.4 Å². The Balaban J connectivity index is 1.30. The lowest BCUT2D eigenvalue weighted by Gasteiger charge is -2.12. The van der Waals surface area contributed by atoms with Crippen molar-refractivity contribution in [2.75, 3.05) is 5.75 Å². The van der Waals surface area contributed by atoms with E-state index in [0.717, 1.165) is 47.9 Å². The number of hydrazone groups is 1. The second-order valence-electron chi connectivity index (χ2n) is 8.48. The number of nitrogens with zero attached hydrogens (tertiary/aromatic N) is 2. The molecule has 4 aromatic carbocycles. The van der Waals surface area contributed by atoms with Gasteiger partial charge in [-0.1, -0.05) is 76.6 Å². The van der Waals surface area contributed by atoms with Crippen LogP contribution >= 0.6 is 27.7 Å². The van der Waals surface area contributed by atoms with E-state index in [2.05, 4.69) is 31.4 Å². The zero-order chi connectivity index (χ0) is 25.6. The fourth-order valence-corrected chi connectivity index (χ4v) is 5.44. The van der Waals surface area contributed by atoms with Crippen molar-refractivity contribution in [1.29, 1.82) is 0 Å². The molecular weight excluding hydrogens is 546 g/mol. The summed E-state index contributed by atoms with van der Waals surface area (Å²) in [5.41, 5.74) is 6.38. The summed E-state index contributed by atoms with van der Waals surface area (Å²) >= 11 is 4.98. The summed E-state index contributed by atoms with van der Waals surface area (Å²) in [5.74, 6) is 0.758. The number of aryl methyl sites for hydroxylation is 1. The van der Waals surface area contributed by atoms with Crippen LogP contribution in [-0.4, -0.2) is 22.9 Å². The highest BCUT2D eigenvalue weighted by molar-refractivity contribution is 9.10. The maximum atomic E-state index is 12.6. The van der Waals surface area contributed by atoms with Gasteiger partial charge in [0.15, 0.2) is 0 Å². The van der Waals surface area contributed by atoms with Crippen LogP contribution < -0.4 is 10.2 Å². The molecule has 5 nitrogen and oxygen atoms in total. The number of rotatable bonds is 8. The van der Waals surface area contributed by atoms with Gasteiger partial charge in [0.05, 0.1) is 17.5 Å². The van der Waals surface area contributed by atoms with Crippen molar-refractivity contribution in [3.05, 3.63) is 112 Å². The van der Waals surface area contributed by atoms with E-state index in [1.807, 2.05) is 97.9 Å². The molecular formula is C30H24BrN3O2S. The molecule has 184 valence electrons. The first-order chi connectivity index (χ1) is 18.1. The number of nitrogens with one attached hydrogen (secondary N) is 1. The average Bonchev–Trinajstić information content (AvgIpc) is 2.91. The molecule has 5 aromatic rings. The Bertz CT molecular complexity index is 1620. The van der Waals surface area contributed by atoms with Gasteiger partial charge < -0.3 is 4.74 Å². The van der Waals surface area contributed by atoms with Crippen LogP contribution in [0.3, 0.4) is 0 Å². The third kappa shape index (κ3) is 6.18. The molecule has 0 spiro atoms. The summed E-state index contributed by atoms with van der Waals surface area (Å²) in [4.78, 5) is 18.2. The highest BCUT2D eigenvalue weighted by Crippen LogP contribution is 2.29. The van der Waals surface area contributed by atoms with Gasteiger partial charge in [-0.3, -0.25) is 9.78 Å². The molecule has 5 rings (SSSR count). The first kappa shape index (κ1) is 25.0. The van der Waals surface area contributed by atoms with E-state index in [9.17, 15) is 4.79 Å². The van der Waals surface area contributed by atoms with E-state index in [0.29, 0.717) is 12.4 Å². The van der Waals surface area contributed by atoms with E-state index >= 15 is 0 Å². The number of carbonyl (C=O) groups excluding carboxylic acids is 1. The van der Waals surface area contributed by atoms with Gasteiger partial charge >= 0.3 is 0 Å². The highest BCUT2D eigenvalue weighted by atomic mass is 79.9. The third-order valence-electron chi connectivity index (χ3n) is 5.76. The van der Waals surface area contributed by atoms with E-state index in [4.69, 9.17) is 4.74 Å². The molecule has 1 heterocycles. The SMILES string of the molecule is Cc1cc(SCC(=O)NN=Cc2c(OCc3cccc(Br)c3)ccc3ccccc23)c2ccccc2n1. The summed E-state index contributed by atoms with van der Waals surface area (Å²) < 4.78 is 7.17. The molecule has 0 saturated carbocycles. The third-order valence-corrected chi connectivity index (χ3v) is 7.31. The first-order valence-electron chi connectivity index (χ1n) is 11.8. The van der Waals surface area contributed by atoms with Gasteiger partial charge in [0.1, 0.15) is 12.4 Å². The number of fused-ring (bicyclic) bond motifs is 2. The lowest BCUT2D eigenvalue weighted by Crippen LogP contribution is -2.19. The molecule has 0 aliphatic heterocycles. The van der Waals surface area contributed by atoms with Crippen LogP contribution in [0, 0.1) is 6.92 Å². The zero-order valence-corrected chi connectivity index (χ0v) is 22.6. The lowest BCUT2D eigenvalue weighted by atomic mass is 10.0. The van der Waals surface area contributed by atoms with Crippen molar-refractivity contribution in [3.63, 3.8) is 0 Å². The Kier molecular flexibility index (Phi) is 7.82. The maximum absolute atomic E-state index is 12.6. The smallest absolute Gasteiger partial charge is 0.250 e. The number of hydrogen-bond donors (Lipinski definition) is 1. The topological polar surface area (TPSA) is 63.6 Å². The number of ether oxygens (including phenoxy) is 1. The molecule has 1 amide bonds. The van der Waals surface area contributed by atoms with E-state index in [1.165, 1.54) is 11.8 Å². The van der Waals surface area contributed by atoms with Gasteiger partial charge in [0, 0.05) is 26.0 Å². The summed E-state index contributed by atoms with van der Waals surface area (Å²) in [5, 5.41) is 7.39. The molecule has 0 radical (unpaired) electrons. The van der Waals surface area contributed by atoms with Crippen LogP contribution in [0.2, 0.25) is 0 Å². The second-order valence-corrected chi connectivity index (χ2v) is 10.4. The number of benzene rings is 4. The number of amides is 1. The molecule has 0 atom stereocenters. The van der Waals surface area contributed by atoms with Crippen molar-refractivity contribution in [2.24, 2.45) is 5.10 Å². The predicted molar refractivity (Wildman–Crippen MR) is 155 cm³/mol. The van der Waals surface area contributed by atoms with Crippen molar-refractivity contribution < 1.29 is 9.53 Å². The Morgan fingerprint density at radius 3 is 2.68 bits per heavy atom. The number of halogens is 1. The number of thioether (sulfide) groups is 1. The summed E-state index contributed by atoms with van der Waals surface area (Å²) in [6.07, 6.45) is 1.66. The predicted octanol–water partition coefficient (Wildman–Crippen LogP) is 7.28. The Morgan fingerprint density at radius 1 is 1.00 bits per heavy atom. The number of para-hydroxylation sites is 1. The van der Waals surface area contributed by atoms with Gasteiger partial charge in [-0.15, -0.1) is 11.8 Å². The van der Waals surface area contributed by atoms with Crippen LogP contribution in [0.1, 0.15) is 16.8 Å². The summed E-state index contributed by atoms with van der Waals surface area (Å²) in [6.45, 7) is 2.38. The molecule has 37 heavy (non-hydrogen) atoms.